The van der Waals surface area contributed by atoms with Crippen molar-refractivity contribution in [1.29, 1.82) is 0 Å². The normalized spacial score (nSPS) is 23.1. The molecule has 1 aromatic heterocycles. The summed E-state index contributed by atoms with van der Waals surface area (Å²) >= 11 is 0. The highest BCUT2D eigenvalue weighted by Crippen LogP contribution is 2.40. The van der Waals surface area contributed by atoms with Crippen LogP contribution >= 0.6 is 0 Å². The molecule has 6 nitrogen and oxygen atoms in total. The van der Waals surface area contributed by atoms with Crippen molar-refractivity contribution in [3.05, 3.63) is 23.9 Å². The van der Waals surface area contributed by atoms with Crippen LogP contribution in [0.4, 0.5) is 0 Å². The van der Waals surface area contributed by atoms with Gasteiger partial charge in [-0.1, -0.05) is 11.8 Å². The summed E-state index contributed by atoms with van der Waals surface area (Å²) in [5.74, 6) is 5.32. The Bertz CT molecular complexity index is 605. The maximum absolute atomic E-state index is 10.6. The van der Waals surface area contributed by atoms with Crippen molar-refractivity contribution >= 4 is 0 Å². The fourth-order valence-corrected chi connectivity index (χ4v) is 3.02. The number of ether oxygens (including phenoxy) is 3. The zero-order chi connectivity index (χ0) is 16.3. The van der Waals surface area contributed by atoms with E-state index in [1.807, 2.05) is 0 Å². The number of pyridine rings is 1. The molecule has 2 N–H and O–H groups in total. The molecule has 0 radical (unpaired) electrons. The molecule has 2 heterocycles. The van der Waals surface area contributed by atoms with E-state index in [2.05, 4.69) is 16.8 Å². The summed E-state index contributed by atoms with van der Waals surface area (Å²) in [6, 6.07) is 3.40. The Labute approximate surface area is 135 Å². The number of aliphatic hydroxyl groups excluding tert-OH is 1. The van der Waals surface area contributed by atoms with Crippen molar-refractivity contribution in [1.82, 2.24) is 4.98 Å². The second-order valence-corrected chi connectivity index (χ2v) is 5.91. The lowest BCUT2D eigenvalue weighted by Crippen LogP contribution is -2.42. The quantitative estimate of drug-likeness (QED) is 0.797. The number of hydrogen-bond acceptors (Lipinski definition) is 6. The molecule has 2 aliphatic rings. The second kappa shape index (κ2) is 6.46. The number of rotatable bonds is 2. The van der Waals surface area contributed by atoms with Crippen molar-refractivity contribution in [2.24, 2.45) is 0 Å². The maximum atomic E-state index is 10.6. The molecule has 0 aromatic carbocycles. The van der Waals surface area contributed by atoms with Gasteiger partial charge in [0.05, 0.1) is 25.9 Å². The van der Waals surface area contributed by atoms with E-state index in [4.69, 9.17) is 14.2 Å². The van der Waals surface area contributed by atoms with E-state index in [1.54, 1.807) is 18.3 Å². The SMILES string of the molecule is COc1ncccc1C(O)C#CC1(O)CCC2(CC1)OCCO2. The lowest BCUT2D eigenvalue weighted by molar-refractivity contribution is -0.195. The van der Waals surface area contributed by atoms with Crippen LogP contribution in [0, 0.1) is 11.8 Å². The van der Waals surface area contributed by atoms with Crippen molar-refractivity contribution in [2.75, 3.05) is 20.3 Å². The summed E-state index contributed by atoms with van der Waals surface area (Å²) in [5, 5.41) is 20.8. The standard InChI is InChI=1S/C17H21NO5/c1-21-15-13(3-2-10-18-15)14(19)4-5-16(20)6-8-17(9-7-16)22-11-12-23-17/h2-3,10,14,19-20H,6-9,11-12H2,1H3. The number of methoxy groups -OCH3 is 1. The predicted octanol–water partition coefficient (Wildman–Crippen LogP) is 1.18. The summed E-state index contributed by atoms with van der Waals surface area (Å²) in [7, 11) is 1.49. The molecular weight excluding hydrogens is 298 g/mol. The molecule has 1 spiro atoms. The van der Waals surface area contributed by atoms with Crippen LogP contribution in [0.5, 0.6) is 5.88 Å². The monoisotopic (exact) mass is 319 g/mol. The van der Waals surface area contributed by atoms with Gasteiger partial charge < -0.3 is 24.4 Å². The number of aliphatic hydroxyl groups is 2. The highest BCUT2D eigenvalue weighted by molar-refractivity contribution is 5.34. The van der Waals surface area contributed by atoms with E-state index in [0.29, 0.717) is 50.3 Å². The van der Waals surface area contributed by atoms with Crippen LogP contribution in [0.1, 0.15) is 37.4 Å². The summed E-state index contributed by atoms with van der Waals surface area (Å²) in [6.07, 6.45) is 2.64. The Kier molecular flexibility index (Phi) is 4.55. The van der Waals surface area contributed by atoms with E-state index in [0.717, 1.165) is 0 Å². The highest BCUT2D eigenvalue weighted by Gasteiger charge is 2.45. The molecule has 23 heavy (non-hydrogen) atoms. The molecule has 6 heteroatoms. The topological polar surface area (TPSA) is 81.0 Å². The predicted molar refractivity (Wildman–Crippen MR) is 81.6 cm³/mol. The van der Waals surface area contributed by atoms with E-state index >= 15 is 0 Å². The minimum absolute atomic E-state index is 0.330. The van der Waals surface area contributed by atoms with E-state index < -0.39 is 17.5 Å². The van der Waals surface area contributed by atoms with Crippen LogP contribution < -0.4 is 4.74 Å². The Morgan fingerprint density at radius 1 is 1.26 bits per heavy atom. The fourth-order valence-electron chi connectivity index (χ4n) is 3.02. The first-order valence-corrected chi connectivity index (χ1v) is 7.76. The third kappa shape index (κ3) is 3.48. The average molecular weight is 319 g/mol. The van der Waals surface area contributed by atoms with Gasteiger partial charge in [0.2, 0.25) is 5.88 Å². The van der Waals surface area contributed by atoms with Gasteiger partial charge in [-0.05, 0) is 25.0 Å². The van der Waals surface area contributed by atoms with Crippen LogP contribution in [-0.2, 0) is 9.47 Å². The molecule has 1 aliphatic carbocycles. The maximum Gasteiger partial charge on any atom is 0.219 e. The summed E-state index contributed by atoms with van der Waals surface area (Å²) in [5.41, 5.74) is -0.641. The molecule has 1 saturated heterocycles. The Morgan fingerprint density at radius 2 is 1.96 bits per heavy atom. The van der Waals surface area contributed by atoms with Crippen molar-refractivity contribution in [3.8, 4) is 17.7 Å². The molecule has 0 bridgehead atoms. The minimum Gasteiger partial charge on any atom is -0.481 e. The van der Waals surface area contributed by atoms with Gasteiger partial charge in [-0.25, -0.2) is 4.98 Å². The van der Waals surface area contributed by atoms with E-state index in [1.165, 1.54) is 7.11 Å². The van der Waals surface area contributed by atoms with E-state index in [-0.39, 0.29) is 0 Å². The van der Waals surface area contributed by atoms with Gasteiger partial charge in [0.25, 0.3) is 0 Å². The van der Waals surface area contributed by atoms with Crippen molar-refractivity contribution in [3.63, 3.8) is 0 Å². The van der Waals surface area contributed by atoms with E-state index in [9.17, 15) is 10.2 Å². The zero-order valence-electron chi connectivity index (χ0n) is 13.1. The van der Waals surface area contributed by atoms with Crippen LogP contribution in [0.25, 0.3) is 0 Å². The largest absolute Gasteiger partial charge is 0.481 e. The highest BCUT2D eigenvalue weighted by atomic mass is 16.7. The van der Waals surface area contributed by atoms with Gasteiger partial charge >= 0.3 is 0 Å². The lowest BCUT2D eigenvalue weighted by atomic mass is 9.81. The Morgan fingerprint density at radius 3 is 2.61 bits per heavy atom. The van der Waals surface area contributed by atoms with Gasteiger partial charge in [-0.15, -0.1) is 0 Å². The Balaban J connectivity index is 1.68. The summed E-state index contributed by atoms with van der Waals surface area (Å²) in [6.45, 7) is 1.20. The third-order valence-corrected chi connectivity index (χ3v) is 4.38. The first-order chi connectivity index (χ1) is 11.1. The second-order valence-electron chi connectivity index (χ2n) is 5.91. The molecule has 1 aromatic rings. The van der Waals surface area contributed by atoms with Gasteiger partial charge in [0, 0.05) is 19.0 Å². The van der Waals surface area contributed by atoms with Crippen LogP contribution in [0.15, 0.2) is 18.3 Å². The average Bonchev–Trinajstić information content (AvgIpc) is 3.05. The molecular formula is C17H21NO5. The third-order valence-electron chi connectivity index (χ3n) is 4.38. The molecule has 1 saturated carbocycles. The summed E-state index contributed by atoms with van der Waals surface area (Å²) < 4.78 is 16.4. The fraction of sp³-hybridized carbons (Fsp3) is 0.588. The number of hydrogen-bond donors (Lipinski definition) is 2. The van der Waals surface area contributed by atoms with Crippen LogP contribution in [0.3, 0.4) is 0 Å². The molecule has 124 valence electrons. The Hall–Kier alpha value is -1.65. The summed E-state index contributed by atoms with van der Waals surface area (Å²) in [4.78, 5) is 4.03. The van der Waals surface area contributed by atoms with Crippen LogP contribution in [-0.4, -0.2) is 46.9 Å². The lowest BCUT2D eigenvalue weighted by Gasteiger charge is -2.37. The molecule has 3 rings (SSSR count). The van der Waals surface area contributed by atoms with Gasteiger partial charge in [-0.3, -0.25) is 0 Å². The van der Waals surface area contributed by atoms with Crippen molar-refractivity contribution < 1.29 is 24.4 Å². The molecule has 2 fully saturated rings. The first-order valence-electron chi connectivity index (χ1n) is 7.76. The number of aromatic nitrogens is 1. The molecule has 1 aliphatic heterocycles. The first kappa shape index (κ1) is 16.2. The molecule has 1 unspecified atom stereocenters. The molecule has 1 atom stereocenters. The smallest absolute Gasteiger partial charge is 0.219 e. The van der Waals surface area contributed by atoms with Gasteiger partial charge in [-0.2, -0.15) is 0 Å². The van der Waals surface area contributed by atoms with Crippen molar-refractivity contribution in [2.45, 2.75) is 43.2 Å². The molecule has 0 amide bonds. The zero-order valence-corrected chi connectivity index (χ0v) is 13.1. The minimum atomic E-state index is -1.13. The van der Waals surface area contributed by atoms with Crippen LogP contribution in [0.2, 0.25) is 0 Å². The van der Waals surface area contributed by atoms with Gasteiger partial charge in [0.1, 0.15) is 11.7 Å². The van der Waals surface area contributed by atoms with Gasteiger partial charge in [0.15, 0.2) is 5.79 Å². The number of nitrogens with zero attached hydrogens (tertiary/aromatic N) is 1.